The van der Waals surface area contributed by atoms with Gasteiger partial charge in [-0.2, -0.15) is 0 Å². The van der Waals surface area contributed by atoms with E-state index in [0.717, 1.165) is 41.8 Å². The van der Waals surface area contributed by atoms with E-state index in [1.807, 2.05) is 62.2 Å². The largest absolute Gasteiger partial charge is 0.507 e. The summed E-state index contributed by atoms with van der Waals surface area (Å²) in [6.45, 7) is 5.78. The van der Waals surface area contributed by atoms with Gasteiger partial charge >= 0.3 is 0 Å². The van der Waals surface area contributed by atoms with Crippen LogP contribution in [0.3, 0.4) is 0 Å². The second-order valence-electron chi connectivity index (χ2n) is 7.16. The lowest BCUT2D eigenvalue weighted by Crippen LogP contribution is -2.38. The minimum Gasteiger partial charge on any atom is -0.507 e. The van der Waals surface area contributed by atoms with E-state index >= 15 is 0 Å². The zero-order valence-corrected chi connectivity index (χ0v) is 15.4. The van der Waals surface area contributed by atoms with Gasteiger partial charge in [0.2, 0.25) is 0 Å². The van der Waals surface area contributed by atoms with Crippen LogP contribution in [0.15, 0.2) is 36.4 Å². The van der Waals surface area contributed by atoms with E-state index < -0.39 is 0 Å². The van der Waals surface area contributed by atoms with Gasteiger partial charge in [0, 0.05) is 25.2 Å². The van der Waals surface area contributed by atoms with Gasteiger partial charge in [-0.15, -0.1) is 0 Å². The first-order valence-corrected chi connectivity index (χ1v) is 8.73. The van der Waals surface area contributed by atoms with Crippen LogP contribution >= 0.6 is 0 Å². The van der Waals surface area contributed by atoms with Crippen molar-refractivity contribution in [2.75, 3.05) is 27.2 Å². The second-order valence-corrected chi connectivity index (χ2v) is 7.16. The third kappa shape index (κ3) is 3.54. The van der Waals surface area contributed by atoms with Crippen molar-refractivity contribution in [3.05, 3.63) is 53.1 Å². The topological polar surface area (TPSA) is 43.8 Å². The molecule has 132 valence electrons. The lowest BCUT2D eigenvalue weighted by atomic mass is 9.98. The number of aromatic hydroxyl groups is 1. The number of rotatable bonds is 3. The highest BCUT2D eigenvalue weighted by Crippen LogP contribution is 2.29. The summed E-state index contributed by atoms with van der Waals surface area (Å²) < 4.78 is 0. The number of likely N-dealkylation sites (N-methyl/N-ethyl adjacent to an activating group) is 2. The summed E-state index contributed by atoms with van der Waals surface area (Å²) in [6, 6.07) is 12.0. The minimum atomic E-state index is 0.0740. The van der Waals surface area contributed by atoms with Crippen LogP contribution in [0, 0.1) is 13.8 Å². The van der Waals surface area contributed by atoms with Gasteiger partial charge in [-0.3, -0.25) is 4.79 Å². The summed E-state index contributed by atoms with van der Waals surface area (Å²) in [5.41, 5.74) is 4.54. The predicted octanol–water partition coefficient (Wildman–Crippen LogP) is 3.45. The maximum atomic E-state index is 12.7. The van der Waals surface area contributed by atoms with Crippen molar-refractivity contribution in [3.8, 4) is 16.9 Å². The molecule has 1 amide bonds. The van der Waals surface area contributed by atoms with Crippen LogP contribution in [0.25, 0.3) is 11.1 Å². The van der Waals surface area contributed by atoms with Gasteiger partial charge in [0.1, 0.15) is 5.75 Å². The molecule has 1 aliphatic heterocycles. The molecule has 1 fully saturated rings. The number of likely N-dealkylation sites (tertiary alicyclic amines) is 1. The van der Waals surface area contributed by atoms with Crippen molar-refractivity contribution in [1.82, 2.24) is 9.80 Å². The third-order valence-corrected chi connectivity index (χ3v) is 5.19. The fourth-order valence-electron chi connectivity index (χ4n) is 3.53. The number of hydrogen-bond donors (Lipinski definition) is 1. The molecule has 0 radical (unpaired) electrons. The van der Waals surface area contributed by atoms with Crippen LogP contribution in [0.5, 0.6) is 5.75 Å². The Balaban J connectivity index is 1.79. The van der Waals surface area contributed by atoms with Gasteiger partial charge in [0.15, 0.2) is 0 Å². The smallest absolute Gasteiger partial charge is 0.253 e. The van der Waals surface area contributed by atoms with Crippen molar-refractivity contribution in [2.24, 2.45) is 0 Å². The van der Waals surface area contributed by atoms with Gasteiger partial charge in [-0.25, -0.2) is 0 Å². The fraction of sp³-hybridized carbons (Fsp3) is 0.381. The zero-order chi connectivity index (χ0) is 18.1. The number of phenolic OH excluding ortho intramolecular Hbond substituents is 1. The van der Waals surface area contributed by atoms with Crippen molar-refractivity contribution < 1.29 is 9.90 Å². The number of amides is 1. The maximum Gasteiger partial charge on any atom is 0.253 e. The van der Waals surface area contributed by atoms with Crippen LogP contribution in [0.2, 0.25) is 0 Å². The Morgan fingerprint density at radius 2 is 1.72 bits per heavy atom. The number of benzene rings is 2. The predicted molar refractivity (Wildman–Crippen MR) is 101 cm³/mol. The van der Waals surface area contributed by atoms with Crippen LogP contribution in [0.1, 0.15) is 27.9 Å². The van der Waals surface area contributed by atoms with Crippen LogP contribution in [-0.2, 0) is 0 Å². The molecular weight excluding hydrogens is 312 g/mol. The lowest BCUT2D eigenvalue weighted by Gasteiger charge is -2.24. The van der Waals surface area contributed by atoms with Gasteiger partial charge in [-0.1, -0.05) is 12.1 Å². The molecule has 1 saturated heterocycles. The van der Waals surface area contributed by atoms with Crippen molar-refractivity contribution in [2.45, 2.75) is 26.3 Å². The second kappa shape index (κ2) is 6.89. The number of phenols is 1. The van der Waals surface area contributed by atoms with Crippen LogP contribution in [0.4, 0.5) is 0 Å². The molecule has 2 aromatic rings. The standard InChI is InChI=1S/C21H26N2O2/c1-14-11-18(12-15(2)20(14)24)16-5-7-17(8-6-16)21(25)23(4)19-9-10-22(3)13-19/h5-8,11-12,19,24H,9-10,13H2,1-4H3/t19-/m0/s1. The molecule has 4 heteroatoms. The van der Waals surface area contributed by atoms with Gasteiger partial charge in [-0.05, 0) is 80.4 Å². The number of hydrogen-bond acceptors (Lipinski definition) is 3. The Hall–Kier alpha value is -2.33. The Labute approximate surface area is 149 Å². The molecular formula is C21H26N2O2. The molecule has 1 N–H and O–H groups in total. The van der Waals surface area contributed by atoms with Gasteiger partial charge < -0.3 is 14.9 Å². The lowest BCUT2D eigenvalue weighted by molar-refractivity contribution is 0.0737. The summed E-state index contributed by atoms with van der Waals surface area (Å²) in [5.74, 6) is 0.420. The Morgan fingerprint density at radius 3 is 2.24 bits per heavy atom. The molecule has 4 nitrogen and oxygen atoms in total. The minimum absolute atomic E-state index is 0.0740. The molecule has 1 aliphatic rings. The summed E-state index contributed by atoms with van der Waals surface area (Å²) in [7, 11) is 3.99. The third-order valence-electron chi connectivity index (χ3n) is 5.19. The zero-order valence-electron chi connectivity index (χ0n) is 15.4. The molecule has 1 heterocycles. The normalized spacial score (nSPS) is 17.7. The van der Waals surface area contributed by atoms with Crippen LogP contribution in [-0.4, -0.2) is 54.0 Å². The number of nitrogens with zero attached hydrogens (tertiary/aromatic N) is 2. The first-order chi connectivity index (χ1) is 11.9. The molecule has 25 heavy (non-hydrogen) atoms. The van der Waals surface area contributed by atoms with Crippen molar-refractivity contribution in [1.29, 1.82) is 0 Å². The highest BCUT2D eigenvalue weighted by molar-refractivity contribution is 5.94. The quantitative estimate of drug-likeness (QED) is 0.932. The Bertz CT molecular complexity index is 760. The van der Waals surface area contributed by atoms with E-state index in [-0.39, 0.29) is 5.91 Å². The van der Waals surface area contributed by atoms with Crippen LogP contribution < -0.4 is 0 Å². The van der Waals surface area contributed by atoms with E-state index in [4.69, 9.17) is 0 Å². The summed E-state index contributed by atoms with van der Waals surface area (Å²) in [4.78, 5) is 16.8. The van der Waals surface area contributed by atoms with Crippen molar-refractivity contribution >= 4 is 5.91 Å². The first kappa shape index (κ1) is 17.5. The average Bonchev–Trinajstić information content (AvgIpc) is 3.04. The van der Waals surface area contributed by atoms with Gasteiger partial charge in [0.25, 0.3) is 5.91 Å². The molecule has 0 aromatic heterocycles. The molecule has 1 atom stereocenters. The van der Waals surface area contributed by atoms with Crippen molar-refractivity contribution in [3.63, 3.8) is 0 Å². The molecule has 0 bridgehead atoms. The maximum absolute atomic E-state index is 12.7. The Kier molecular flexibility index (Phi) is 4.82. The molecule has 0 saturated carbocycles. The first-order valence-electron chi connectivity index (χ1n) is 8.73. The monoisotopic (exact) mass is 338 g/mol. The molecule has 0 unspecified atom stereocenters. The molecule has 2 aromatic carbocycles. The molecule has 0 spiro atoms. The number of carbonyl (C=O) groups is 1. The SMILES string of the molecule is Cc1cc(-c2ccc(C(=O)N(C)[C@H]3CCN(C)C3)cc2)cc(C)c1O. The average molecular weight is 338 g/mol. The Morgan fingerprint density at radius 1 is 1.12 bits per heavy atom. The summed E-state index contributed by atoms with van der Waals surface area (Å²) in [5, 5.41) is 9.92. The van der Waals surface area contributed by atoms with E-state index in [0.29, 0.717) is 17.4 Å². The molecule has 3 rings (SSSR count). The van der Waals surface area contributed by atoms with E-state index in [1.165, 1.54) is 0 Å². The summed E-state index contributed by atoms with van der Waals surface area (Å²) >= 11 is 0. The highest BCUT2D eigenvalue weighted by Gasteiger charge is 2.26. The van der Waals surface area contributed by atoms with E-state index in [9.17, 15) is 9.90 Å². The van der Waals surface area contributed by atoms with E-state index in [1.54, 1.807) is 0 Å². The van der Waals surface area contributed by atoms with Gasteiger partial charge in [0.05, 0.1) is 0 Å². The molecule has 0 aliphatic carbocycles. The highest BCUT2D eigenvalue weighted by atomic mass is 16.3. The van der Waals surface area contributed by atoms with E-state index in [2.05, 4.69) is 11.9 Å². The summed E-state index contributed by atoms with van der Waals surface area (Å²) in [6.07, 6.45) is 1.03. The number of carbonyl (C=O) groups excluding carboxylic acids is 1. The fourth-order valence-corrected chi connectivity index (χ4v) is 3.53. The number of aryl methyl sites for hydroxylation is 2.